The number of carboxylic acids is 1. The standard InChI is InChI=1S/C21H31NO4/c1-5-17-19(15(9-10-23)7-8-18(24)25)22-26-20(17)16-11-14(12-16)13-21(3,4)6-2/h5,10,14-16H,1,6-9,11-13H2,2-4H3,(H,24,25). The van der Waals surface area contributed by atoms with Crippen molar-refractivity contribution in [2.45, 2.75) is 77.6 Å². The zero-order chi connectivity index (χ0) is 19.3. The van der Waals surface area contributed by atoms with E-state index in [0.717, 1.165) is 30.5 Å². The molecule has 0 radical (unpaired) electrons. The number of aromatic nitrogens is 1. The fourth-order valence-electron chi connectivity index (χ4n) is 3.94. The van der Waals surface area contributed by atoms with Gasteiger partial charge in [0.05, 0.1) is 5.69 Å². The molecule has 26 heavy (non-hydrogen) atoms. The van der Waals surface area contributed by atoms with Gasteiger partial charge in [0.15, 0.2) is 0 Å². The Hall–Kier alpha value is -1.91. The molecular formula is C21H31NO4. The van der Waals surface area contributed by atoms with Crippen molar-refractivity contribution in [3.05, 3.63) is 23.6 Å². The van der Waals surface area contributed by atoms with E-state index < -0.39 is 5.97 Å². The quantitative estimate of drug-likeness (QED) is 0.550. The predicted molar refractivity (Wildman–Crippen MR) is 101 cm³/mol. The van der Waals surface area contributed by atoms with E-state index in [1.54, 1.807) is 6.08 Å². The summed E-state index contributed by atoms with van der Waals surface area (Å²) in [6, 6.07) is 0. The molecule has 0 bridgehead atoms. The van der Waals surface area contributed by atoms with Gasteiger partial charge < -0.3 is 14.4 Å². The Bertz CT molecular complexity index is 640. The number of carbonyl (C=O) groups excluding carboxylic acids is 1. The second-order valence-electron chi connectivity index (χ2n) is 8.34. The zero-order valence-electron chi connectivity index (χ0n) is 16.2. The van der Waals surface area contributed by atoms with Gasteiger partial charge in [-0.05, 0) is 37.0 Å². The number of rotatable bonds is 11. The second-order valence-corrected chi connectivity index (χ2v) is 8.34. The van der Waals surface area contributed by atoms with E-state index in [9.17, 15) is 9.59 Å². The second kappa shape index (κ2) is 8.65. The fraction of sp³-hybridized carbons (Fsp3) is 0.667. The molecule has 1 aromatic rings. The molecule has 1 atom stereocenters. The van der Waals surface area contributed by atoms with E-state index in [0.29, 0.717) is 29.4 Å². The van der Waals surface area contributed by atoms with E-state index in [1.165, 1.54) is 12.8 Å². The Labute approximate surface area is 155 Å². The first-order valence-corrected chi connectivity index (χ1v) is 9.58. The van der Waals surface area contributed by atoms with Crippen LogP contribution in [0.3, 0.4) is 0 Å². The first-order chi connectivity index (χ1) is 12.3. The van der Waals surface area contributed by atoms with Crippen molar-refractivity contribution in [3.63, 3.8) is 0 Å². The number of aldehydes is 1. The molecule has 0 aliphatic heterocycles. The molecule has 144 valence electrons. The minimum Gasteiger partial charge on any atom is -0.481 e. The molecule has 1 aliphatic rings. The molecule has 1 aliphatic carbocycles. The number of aliphatic carboxylic acids is 1. The van der Waals surface area contributed by atoms with Gasteiger partial charge in [-0.15, -0.1) is 0 Å². The third-order valence-electron chi connectivity index (χ3n) is 5.87. The molecule has 0 spiro atoms. The summed E-state index contributed by atoms with van der Waals surface area (Å²) in [7, 11) is 0. The Balaban J connectivity index is 2.09. The van der Waals surface area contributed by atoms with Gasteiger partial charge in [0, 0.05) is 30.2 Å². The van der Waals surface area contributed by atoms with E-state index in [1.807, 2.05) is 0 Å². The molecule has 1 fully saturated rings. The molecule has 0 saturated heterocycles. The highest BCUT2D eigenvalue weighted by atomic mass is 16.5. The van der Waals surface area contributed by atoms with Crippen molar-refractivity contribution in [2.75, 3.05) is 0 Å². The maximum Gasteiger partial charge on any atom is 0.303 e. The minimum absolute atomic E-state index is 0.00882. The molecule has 1 N–H and O–H groups in total. The van der Waals surface area contributed by atoms with Gasteiger partial charge in [0.2, 0.25) is 0 Å². The van der Waals surface area contributed by atoms with Gasteiger partial charge >= 0.3 is 5.97 Å². The van der Waals surface area contributed by atoms with E-state index in [-0.39, 0.29) is 18.8 Å². The van der Waals surface area contributed by atoms with Crippen LogP contribution < -0.4 is 0 Å². The van der Waals surface area contributed by atoms with Crippen LogP contribution in [0.4, 0.5) is 0 Å². The molecule has 1 aromatic heterocycles. The van der Waals surface area contributed by atoms with Gasteiger partial charge in [-0.1, -0.05) is 45.0 Å². The summed E-state index contributed by atoms with van der Waals surface area (Å²) in [4.78, 5) is 21.9. The maximum absolute atomic E-state index is 11.0. The van der Waals surface area contributed by atoms with Gasteiger partial charge in [-0.3, -0.25) is 4.79 Å². The van der Waals surface area contributed by atoms with Gasteiger partial charge in [0.25, 0.3) is 0 Å². The Morgan fingerprint density at radius 2 is 2.15 bits per heavy atom. The third kappa shape index (κ3) is 4.83. The van der Waals surface area contributed by atoms with Crippen LogP contribution in [0, 0.1) is 11.3 Å². The first kappa shape index (κ1) is 20.4. The predicted octanol–water partition coefficient (Wildman–Crippen LogP) is 5.17. The molecule has 1 unspecified atom stereocenters. The number of carbonyl (C=O) groups is 2. The van der Waals surface area contributed by atoms with Crippen molar-refractivity contribution in [3.8, 4) is 0 Å². The van der Waals surface area contributed by atoms with Crippen LogP contribution in [0.1, 0.15) is 94.6 Å². The van der Waals surface area contributed by atoms with Crippen molar-refractivity contribution in [2.24, 2.45) is 11.3 Å². The summed E-state index contributed by atoms with van der Waals surface area (Å²) in [5.74, 6) is 0.804. The number of hydrogen-bond acceptors (Lipinski definition) is 4. The van der Waals surface area contributed by atoms with Crippen LogP contribution in [-0.4, -0.2) is 22.5 Å². The molecule has 5 nitrogen and oxygen atoms in total. The summed E-state index contributed by atoms with van der Waals surface area (Å²) < 4.78 is 5.64. The SMILES string of the molecule is C=Cc1c(C(CC=O)CCC(=O)O)noc1C1CC(CC(C)(C)CC)C1. The molecule has 5 heteroatoms. The highest BCUT2D eigenvalue weighted by Crippen LogP contribution is 2.49. The minimum atomic E-state index is -0.870. The average molecular weight is 361 g/mol. The average Bonchev–Trinajstić information content (AvgIpc) is 2.97. The lowest BCUT2D eigenvalue weighted by Gasteiger charge is -2.39. The van der Waals surface area contributed by atoms with Gasteiger partial charge in [-0.25, -0.2) is 0 Å². The molecule has 0 amide bonds. The molecule has 0 aromatic carbocycles. The van der Waals surface area contributed by atoms with Gasteiger partial charge in [-0.2, -0.15) is 0 Å². The normalized spacial score (nSPS) is 21.0. The molecule has 1 saturated carbocycles. The fourth-order valence-corrected chi connectivity index (χ4v) is 3.94. The van der Waals surface area contributed by atoms with E-state index in [4.69, 9.17) is 9.63 Å². The Morgan fingerprint density at radius 1 is 1.46 bits per heavy atom. The Kier molecular flexibility index (Phi) is 6.79. The van der Waals surface area contributed by atoms with Gasteiger partial charge in [0.1, 0.15) is 12.0 Å². The number of carboxylic acid groups (broad SMARTS) is 1. The van der Waals surface area contributed by atoms with Crippen molar-refractivity contribution in [1.82, 2.24) is 5.16 Å². The summed E-state index contributed by atoms with van der Waals surface area (Å²) in [6.07, 6.45) is 7.76. The van der Waals surface area contributed by atoms with E-state index in [2.05, 4.69) is 32.5 Å². The highest BCUT2D eigenvalue weighted by Gasteiger charge is 2.38. The first-order valence-electron chi connectivity index (χ1n) is 9.58. The summed E-state index contributed by atoms with van der Waals surface area (Å²) in [6.45, 7) is 10.8. The number of hydrogen-bond donors (Lipinski definition) is 1. The monoisotopic (exact) mass is 361 g/mol. The summed E-state index contributed by atoms with van der Waals surface area (Å²) in [5, 5.41) is 13.1. The maximum atomic E-state index is 11.0. The topological polar surface area (TPSA) is 80.4 Å². The van der Waals surface area contributed by atoms with Crippen LogP contribution >= 0.6 is 0 Å². The zero-order valence-corrected chi connectivity index (χ0v) is 16.2. The van der Waals surface area contributed by atoms with Crippen LogP contribution in [0.2, 0.25) is 0 Å². The number of nitrogens with zero attached hydrogens (tertiary/aromatic N) is 1. The van der Waals surface area contributed by atoms with Crippen LogP contribution in [0.5, 0.6) is 0 Å². The molecule has 1 heterocycles. The van der Waals surface area contributed by atoms with Crippen molar-refractivity contribution in [1.29, 1.82) is 0 Å². The van der Waals surface area contributed by atoms with E-state index >= 15 is 0 Å². The lowest BCUT2D eigenvalue weighted by atomic mass is 9.66. The van der Waals surface area contributed by atoms with Crippen molar-refractivity contribution >= 4 is 18.3 Å². The molecular weight excluding hydrogens is 330 g/mol. The Morgan fingerprint density at radius 3 is 2.69 bits per heavy atom. The largest absolute Gasteiger partial charge is 0.481 e. The van der Waals surface area contributed by atoms with Crippen molar-refractivity contribution < 1.29 is 19.2 Å². The third-order valence-corrected chi connectivity index (χ3v) is 5.87. The lowest BCUT2D eigenvalue weighted by Crippen LogP contribution is -2.27. The smallest absolute Gasteiger partial charge is 0.303 e. The highest BCUT2D eigenvalue weighted by molar-refractivity contribution is 5.67. The van der Waals surface area contributed by atoms with Crippen LogP contribution in [-0.2, 0) is 9.59 Å². The summed E-state index contributed by atoms with van der Waals surface area (Å²) in [5.41, 5.74) is 1.91. The van der Waals surface area contributed by atoms with Crippen LogP contribution in [0.25, 0.3) is 6.08 Å². The lowest BCUT2D eigenvalue weighted by molar-refractivity contribution is -0.137. The molecule has 2 rings (SSSR count). The van der Waals surface area contributed by atoms with Crippen LogP contribution in [0.15, 0.2) is 11.1 Å². The summed E-state index contributed by atoms with van der Waals surface area (Å²) >= 11 is 0.